The largest absolute Gasteiger partial charge is 0.0680 e. The van der Waals surface area contributed by atoms with E-state index < -0.39 is 0 Å². The molecule has 0 aliphatic rings. The molecule has 0 saturated heterocycles. The summed E-state index contributed by atoms with van der Waals surface area (Å²) in [4.78, 5) is 0. The van der Waals surface area contributed by atoms with E-state index in [1.807, 2.05) is 0 Å². The maximum atomic E-state index is 2.21. The number of aryl methyl sites for hydroxylation is 2. The van der Waals surface area contributed by atoms with Crippen LogP contribution in [-0.4, -0.2) is 0 Å². The van der Waals surface area contributed by atoms with Crippen molar-refractivity contribution < 1.29 is 0 Å². The Hall–Kier alpha value is -1.82. The third-order valence-corrected chi connectivity index (χ3v) is 3.18. The minimum atomic E-state index is 1.30. The minimum Gasteiger partial charge on any atom is -0.0680 e. The number of allylic oxidation sites excluding steroid dienone is 1. The van der Waals surface area contributed by atoms with E-state index in [1.165, 1.54) is 33.4 Å². The van der Waals surface area contributed by atoms with Gasteiger partial charge in [0.2, 0.25) is 0 Å². The van der Waals surface area contributed by atoms with Crippen LogP contribution in [0.2, 0.25) is 0 Å². The zero-order valence-corrected chi connectivity index (χ0v) is 11.6. The molecular formula is C18H20. The van der Waals surface area contributed by atoms with Gasteiger partial charge in [-0.15, -0.1) is 0 Å². The zero-order valence-electron chi connectivity index (χ0n) is 11.6. The highest BCUT2D eigenvalue weighted by Crippen LogP contribution is 2.27. The average molecular weight is 236 g/mol. The lowest BCUT2D eigenvalue weighted by atomic mass is 9.93. The van der Waals surface area contributed by atoms with Crippen LogP contribution >= 0.6 is 0 Å². The highest BCUT2D eigenvalue weighted by atomic mass is 14.1. The maximum absolute atomic E-state index is 2.21. The first kappa shape index (κ1) is 12.6. The molecule has 0 aliphatic heterocycles. The summed E-state index contributed by atoms with van der Waals surface area (Å²) in [6.45, 7) is 8.60. The van der Waals surface area contributed by atoms with Crippen molar-refractivity contribution in [3.63, 3.8) is 0 Å². The van der Waals surface area contributed by atoms with Crippen molar-refractivity contribution >= 4 is 5.57 Å². The lowest BCUT2D eigenvalue weighted by Gasteiger charge is -2.11. The van der Waals surface area contributed by atoms with Gasteiger partial charge in [0, 0.05) is 0 Å². The van der Waals surface area contributed by atoms with E-state index in [-0.39, 0.29) is 0 Å². The van der Waals surface area contributed by atoms with Crippen LogP contribution in [-0.2, 0) is 0 Å². The summed E-state index contributed by atoms with van der Waals surface area (Å²) in [7, 11) is 0. The van der Waals surface area contributed by atoms with E-state index in [4.69, 9.17) is 0 Å². The third kappa shape index (κ3) is 2.70. The zero-order chi connectivity index (χ0) is 13.1. The van der Waals surface area contributed by atoms with E-state index in [1.54, 1.807) is 0 Å². The summed E-state index contributed by atoms with van der Waals surface area (Å²) in [5.74, 6) is 0. The Balaban J connectivity index is 2.51. The Kier molecular flexibility index (Phi) is 3.66. The molecular weight excluding hydrogens is 216 g/mol. The minimum absolute atomic E-state index is 1.30. The van der Waals surface area contributed by atoms with Crippen molar-refractivity contribution in [3.05, 3.63) is 76.4 Å². The lowest BCUT2D eigenvalue weighted by Crippen LogP contribution is -1.91. The molecule has 2 rings (SSSR count). The SMILES string of the molecule is CC(C)=C(c1ccc(C)cc1)c1ccc(C)cc1. The van der Waals surface area contributed by atoms with Crippen LogP contribution in [0.1, 0.15) is 36.1 Å². The normalized spacial score (nSPS) is 10.2. The molecule has 0 atom stereocenters. The van der Waals surface area contributed by atoms with Gasteiger partial charge in [-0.1, -0.05) is 65.2 Å². The molecule has 92 valence electrons. The van der Waals surface area contributed by atoms with Crippen LogP contribution in [0.5, 0.6) is 0 Å². The number of benzene rings is 2. The quantitative estimate of drug-likeness (QED) is 0.677. The molecule has 0 radical (unpaired) electrons. The van der Waals surface area contributed by atoms with Gasteiger partial charge >= 0.3 is 0 Å². The van der Waals surface area contributed by atoms with Gasteiger partial charge in [-0.2, -0.15) is 0 Å². The second-order valence-electron chi connectivity index (χ2n) is 5.11. The van der Waals surface area contributed by atoms with Crippen molar-refractivity contribution in [2.24, 2.45) is 0 Å². The molecule has 0 aromatic heterocycles. The number of hydrogen-bond acceptors (Lipinski definition) is 0. The first-order valence-electron chi connectivity index (χ1n) is 6.39. The van der Waals surface area contributed by atoms with Crippen molar-refractivity contribution in [1.29, 1.82) is 0 Å². The Morgan fingerprint density at radius 1 is 0.611 bits per heavy atom. The van der Waals surface area contributed by atoms with Crippen LogP contribution in [0.3, 0.4) is 0 Å². The fourth-order valence-electron chi connectivity index (χ4n) is 2.18. The molecule has 0 unspecified atom stereocenters. The van der Waals surface area contributed by atoms with E-state index >= 15 is 0 Å². The second-order valence-corrected chi connectivity index (χ2v) is 5.11. The smallest absolute Gasteiger partial charge is 0.0125 e. The third-order valence-electron chi connectivity index (χ3n) is 3.18. The van der Waals surface area contributed by atoms with Gasteiger partial charge in [0.05, 0.1) is 0 Å². The van der Waals surface area contributed by atoms with Crippen LogP contribution < -0.4 is 0 Å². The molecule has 0 nitrogen and oxygen atoms in total. The van der Waals surface area contributed by atoms with E-state index in [9.17, 15) is 0 Å². The second kappa shape index (κ2) is 5.22. The Bertz CT molecular complexity index is 502. The summed E-state index contributed by atoms with van der Waals surface area (Å²) in [6.07, 6.45) is 0. The highest BCUT2D eigenvalue weighted by Gasteiger charge is 2.06. The molecule has 0 amide bonds. The fraction of sp³-hybridized carbons (Fsp3) is 0.222. The summed E-state index contributed by atoms with van der Waals surface area (Å²) in [5, 5.41) is 0. The Labute approximate surface area is 110 Å². The van der Waals surface area contributed by atoms with Crippen LogP contribution in [0, 0.1) is 13.8 Å². The van der Waals surface area contributed by atoms with Gasteiger partial charge in [-0.05, 0) is 44.4 Å². The van der Waals surface area contributed by atoms with Crippen molar-refractivity contribution in [2.45, 2.75) is 27.7 Å². The van der Waals surface area contributed by atoms with Crippen LogP contribution in [0.15, 0.2) is 54.1 Å². The molecule has 2 aromatic rings. The van der Waals surface area contributed by atoms with E-state index in [2.05, 4.69) is 76.2 Å². The number of rotatable bonds is 2. The summed E-state index contributed by atoms with van der Waals surface area (Å²) >= 11 is 0. The van der Waals surface area contributed by atoms with E-state index in [0.717, 1.165) is 0 Å². The Morgan fingerprint density at radius 2 is 0.944 bits per heavy atom. The predicted molar refractivity (Wildman–Crippen MR) is 79.7 cm³/mol. The predicted octanol–water partition coefficient (Wildman–Crippen LogP) is 5.15. The van der Waals surface area contributed by atoms with Crippen molar-refractivity contribution in [1.82, 2.24) is 0 Å². The lowest BCUT2D eigenvalue weighted by molar-refractivity contribution is 1.35. The number of hydrogen-bond donors (Lipinski definition) is 0. The summed E-state index contributed by atoms with van der Waals surface area (Å²) < 4.78 is 0. The van der Waals surface area contributed by atoms with Gasteiger partial charge in [-0.25, -0.2) is 0 Å². The van der Waals surface area contributed by atoms with Crippen LogP contribution in [0.25, 0.3) is 5.57 Å². The molecule has 0 saturated carbocycles. The molecule has 0 bridgehead atoms. The topological polar surface area (TPSA) is 0 Å². The maximum Gasteiger partial charge on any atom is -0.0125 e. The monoisotopic (exact) mass is 236 g/mol. The van der Waals surface area contributed by atoms with Gasteiger partial charge in [-0.3, -0.25) is 0 Å². The van der Waals surface area contributed by atoms with Gasteiger partial charge in [0.25, 0.3) is 0 Å². The summed E-state index contributed by atoms with van der Waals surface area (Å²) in [5.41, 5.74) is 7.89. The van der Waals surface area contributed by atoms with Gasteiger partial charge in [0.1, 0.15) is 0 Å². The van der Waals surface area contributed by atoms with Crippen molar-refractivity contribution in [3.8, 4) is 0 Å². The molecule has 0 fully saturated rings. The molecule has 0 spiro atoms. The molecule has 0 heteroatoms. The van der Waals surface area contributed by atoms with E-state index in [0.29, 0.717) is 0 Å². The first-order valence-corrected chi connectivity index (χ1v) is 6.39. The highest BCUT2D eigenvalue weighted by molar-refractivity contribution is 5.81. The summed E-state index contributed by atoms with van der Waals surface area (Å²) in [6, 6.07) is 17.5. The standard InChI is InChI=1S/C18H20/c1-13(2)18(16-9-5-14(3)6-10-16)17-11-7-15(4)8-12-17/h5-12H,1-4H3. The molecule has 0 heterocycles. The fourth-order valence-corrected chi connectivity index (χ4v) is 2.18. The molecule has 18 heavy (non-hydrogen) atoms. The molecule has 2 aromatic carbocycles. The van der Waals surface area contributed by atoms with Gasteiger partial charge in [0.15, 0.2) is 0 Å². The van der Waals surface area contributed by atoms with Crippen molar-refractivity contribution in [2.75, 3.05) is 0 Å². The Morgan fingerprint density at radius 3 is 1.22 bits per heavy atom. The average Bonchev–Trinajstić information content (AvgIpc) is 2.34. The molecule has 0 N–H and O–H groups in total. The molecule has 0 aliphatic carbocycles. The van der Waals surface area contributed by atoms with Crippen LogP contribution in [0.4, 0.5) is 0 Å². The van der Waals surface area contributed by atoms with Gasteiger partial charge < -0.3 is 0 Å². The first-order chi connectivity index (χ1) is 8.58.